The van der Waals surface area contributed by atoms with Gasteiger partial charge in [0.25, 0.3) is 0 Å². The van der Waals surface area contributed by atoms with Crippen molar-refractivity contribution in [3.8, 4) is 0 Å². The second-order valence-corrected chi connectivity index (χ2v) is 7.95. The third kappa shape index (κ3) is 3.86. The van der Waals surface area contributed by atoms with Crippen molar-refractivity contribution in [3.05, 3.63) is 59.4 Å². The predicted molar refractivity (Wildman–Crippen MR) is 95.1 cm³/mol. The topological polar surface area (TPSA) is 75.7 Å². The number of anilines is 1. The van der Waals surface area contributed by atoms with Gasteiger partial charge in [-0.1, -0.05) is 12.1 Å². The molecule has 1 amide bonds. The van der Waals surface area contributed by atoms with Gasteiger partial charge in [0.2, 0.25) is 10.0 Å². The monoisotopic (exact) mass is 378 g/mol. The molecule has 8 heteroatoms. The molecule has 2 aromatic rings. The van der Waals surface area contributed by atoms with E-state index in [0.29, 0.717) is 11.3 Å². The van der Waals surface area contributed by atoms with Crippen molar-refractivity contribution in [2.24, 2.45) is 0 Å². The van der Waals surface area contributed by atoms with E-state index < -0.39 is 28.0 Å². The number of nitrogens with zero attached hydrogens (tertiary/aromatic N) is 1. The van der Waals surface area contributed by atoms with Crippen LogP contribution in [-0.2, 0) is 14.8 Å². The Hall–Kier alpha value is -2.45. The lowest BCUT2D eigenvalue weighted by molar-refractivity contribution is 0.143. The van der Waals surface area contributed by atoms with Crippen molar-refractivity contribution in [2.45, 2.75) is 24.8 Å². The first-order valence-electron chi connectivity index (χ1n) is 8.07. The summed E-state index contributed by atoms with van der Waals surface area (Å²) in [7, 11) is -3.83. The van der Waals surface area contributed by atoms with Crippen LogP contribution in [-0.4, -0.2) is 33.7 Å². The second-order valence-electron chi connectivity index (χ2n) is 6.22. The summed E-state index contributed by atoms with van der Waals surface area (Å²) in [5.74, 6) is -0.500. The van der Waals surface area contributed by atoms with Crippen LogP contribution in [0, 0.1) is 19.7 Å². The molecule has 1 fully saturated rings. The average Bonchev–Trinajstić information content (AvgIpc) is 2.94. The lowest BCUT2D eigenvalue weighted by atomic mass is 10.2. The van der Waals surface area contributed by atoms with Crippen molar-refractivity contribution in [3.63, 3.8) is 0 Å². The Morgan fingerprint density at radius 3 is 2.69 bits per heavy atom. The minimum atomic E-state index is -3.83. The molecule has 0 spiro atoms. The first-order valence-corrected chi connectivity index (χ1v) is 9.55. The molecule has 1 atom stereocenters. The molecule has 0 saturated carbocycles. The van der Waals surface area contributed by atoms with Crippen LogP contribution in [0.25, 0.3) is 0 Å². The van der Waals surface area contributed by atoms with E-state index in [4.69, 9.17) is 4.74 Å². The summed E-state index contributed by atoms with van der Waals surface area (Å²) in [5.41, 5.74) is 2.02. The highest BCUT2D eigenvalue weighted by Gasteiger charge is 2.33. The second kappa shape index (κ2) is 7.05. The van der Waals surface area contributed by atoms with Crippen LogP contribution in [0.3, 0.4) is 0 Å². The van der Waals surface area contributed by atoms with Gasteiger partial charge in [0.15, 0.2) is 0 Å². The van der Waals surface area contributed by atoms with Gasteiger partial charge in [0.1, 0.15) is 11.9 Å². The van der Waals surface area contributed by atoms with E-state index in [1.165, 1.54) is 17.9 Å². The van der Waals surface area contributed by atoms with Gasteiger partial charge in [0, 0.05) is 12.2 Å². The smallest absolute Gasteiger partial charge is 0.414 e. The molecule has 1 aliphatic heterocycles. The largest absolute Gasteiger partial charge is 0.443 e. The van der Waals surface area contributed by atoms with Gasteiger partial charge >= 0.3 is 6.09 Å². The Bertz CT molecular complexity index is 946. The number of cyclic esters (lactones) is 1. The Kier molecular flexibility index (Phi) is 4.97. The maximum absolute atomic E-state index is 13.2. The summed E-state index contributed by atoms with van der Waals surface area (Å²) in [6, 6.07) is 10.9. The number of hydrogen-bond acceptors (Lipinski definition) is 4. The predicted octanol–water partition coefficient (Wildman–Crippen LogP) is 2.75. The molecule has 3 rings (SSSR count). The number of rotatable bonds is 5. The number of carbonyl (C=O) groups excluding carboxylic acids is 1. The Balaban J connectivity index is 1.68. The fourth-order valence-corrected chi connectivity index (χ4v) is 4.12. The van der Waals surface area contributed by atoms with Gasteiger partial charge in [-0.2, -0.15) is 0 Å². The van der Waals surface area contributed by atoms with Gasteiger partial charge < -0.3 is 4.74 Å². The highest BCUT2D eigenvalue weighted by Crippen LogP contribution is 2.23. The fourth-order valence-electron chi connectivity index (χ4n) is 2.83. The Morgan fingerprint density at radius 2 is 2.00 bits per heavy atom. The maximum Gasteiger partial charge on any atom is 0.414 e. The van der Waals surface area contributed by atoms with Gasteiger partial charge in [0.05, 0.1) is 11.4 Å². The van der Waals surface area contributed by atoms with Crippen molar-refractivity contribution in [1.82, 2.24) is 4.72 Å². The van der Waals surface area contributed by atoms with Gasteiger partial charge in [-0.05, 0) is 55.3 Å². The van der Waals surface area contributed by atoms with E-state index in [1.54, 1.807) is 6.07 Å². The zero-order valence-corrected chi connectivity index (χ0v) is 15.2. The zero-order valence-electron chi connectivity index (χ0n) is 14.4. The SMILES string of the molecule is Cc1cccc(N2CC(CNS(=O)(=O)c3ccc(F)cc3C)OC2=O)c1. The Morgan fingerprint density at radius 1 is 1.23 bits per heavy atom. The summed E-state index contributed by atoms with van der Waals surface area (Å²) >= 11 is 0. The minimum absolute atomic E-state index is 0.00114. The van der Waals surface area contributed by atoms with Gasteiger partial charge in [-0.3, -0.25) is 4.90 Å². The molecule has 2 aromatic carbocycles. The van der Waals surface area contributed by atoms with Crippen molar-refractivity contribution in [2.75, 3.05) is 18.0 Å². The van der Waals surface area contributed by atoms with Crippen LogP contribution in [0.15, 0.2) is 47.4 Å². The molecule has 0 radical (unpaired) electrons. The molecule has 0 aromatic heterocycles. The normalized spacial score (nSPS) is 17.4. The van der Waals surface area contributed by atoms with Crippen LogP contribution >= 0.6 is 0 Å². The summed E-state index contributed by atoms with van der Waals surface area (Å²) in [5, 5.41) is 0. The third-order valence-corrected chi connectivity index (χ3v) is 5.70. The van der Waals surface area contributed by atoms with Gasteiger partial charge in [-0.25, -0.2) is 22.3 Å². The van der Waals surface area contributed by atoms with E-state index in [0.717, 1.165) is 17.7 Å². The van der Waals surface area contributed by atoms with Gasteiger partial charge in [-0.15, -0.1) is 0 Å². The quantitative estimate of drug-likeness (QED) is 0.868. The van der Waals surface area contributed by atoms with E-state index in [2.05, 4.69) is 4.72 Å². The molecule has 1 unspecified atom stereocenters. The molecular formula is C18H19FN2O4S. The average molecular weight is 378 g/mol. The molecule has 6 nitrogen and oxygen atoms in total. The highest BCUT2D eigenvalue weighted by atomic mass is 32.2. The highest BCUT2D eigenvalue weighted by molar-refractivity contribution is 7.89. The molecule has 1 N–H and O–H groups in total. The Labute approximate surface area is 151 Å². The first-order chi connectivity index (χ1) is 12.3. The number of carbonyl (C=O) groups is 1. The first kappa shape index (κ1) is 18.3. The molecular weight excluding hydrogens is 359 g/mol. The summed E-state index contributed by atoms with van der Waals surface area (Å²) in [4.78, 5) is 13.5. The molecule has 26 heavy (non-hydrogen) atoms. The standard InChI is InChI=1S/C18H19FN2O4S/c1-12-4-3-5-15(8-12)21-11-16(25-18(21)22)10-20-26(23,24)17-7-6-14(19)9-13(17)2/h3-9,16,20H,10-11H2,1-2H3. The van der Waals surface area contributed by atoms with Crippen molar-refractivity contribution < 1.29 is 22.3 Å². The van der Waals surface area contributed by atoms with Crippen LogP contribution in [0.2, 0.25) is 0 Å². The summed E-state index contributed by atoms with van der Waals surface area (Å²) in [6.45, 7) is 3.62. The molecule has 0 aliphatic carbocycles. The lowest BCUT2D eigenvalue weighted by Crippen LogP contribution is -2.35. The number of hydrogen-bond donors (Lipinski definition) is 1. The third-order valence-electron chi connectivity index (χ3n) is 4.11. The molecule has 0 bridgehead atoms. The van der Waals surface area contributed by atoms with E-state index >= 15 is 0 Å². The minimum Gasteiger partial charge on any atom is -0.443 e. The number of amides is 1. The van der Waals surface area contributed by atoms with Crippen LogP contribution in [0.4, 0.5) is 14.9 Å². The molecule has 1 aliphatic rings. The van der Waals surface area contributed by atoms with E-state index in [9.17, 15) is 17.6 Å². The van der Waals surface area contributed by atoms with E-state index in [-0.39, 0.29) is 18.0 Å². The maximum atomic E-state index is 13.2. The molecule has 138 valence electrons. The number of aryl methyl sites for hydroxylation is 2. The number of halogens is 1. The van der Waals surface area contributed by atoms with Crippen LogP contribution < -0.4 is 9.62 Å². The number of benzene rings is 2. The number of sulfonamides is 1. The summed E-state index contributed by atoms with van der Waals surface area (Å²) in [6.07, 6.45) is -1.13. The molecule has 1 heterocycles. The van der Waals surface area contributed by atoms with Crippen LogP contribution in [0.5, 0.6) is 0 Å². The van der Waals surface area contributed by atoms with E-state index in [1.807, 2.05) is 25.1 Å². The zero-order chi connectivity index (χ0) is 18.9. The number of nitrogens with one attached hydrogen (secondary N) is 1. The van der Waals surface area contributed by atoms with Crippen LogP contribution in [0.1, 0.15) is 11.1 Å². The molecule has 1 saturated heterocycles. The van der Waals surface area contributed by atoms with Crippen molar-refractivity contribution in [1.29, 1.82) is 0 Å². The summed E-state index contributed by atoms with van der Waals surface area (Å²) < 4.78 is 45.7. The van der Waals surface area contributed by atoms with Crippen molar-refractivity contribution >= 4 is 21.8 Å². The number of ether oxygens (including phenoxy) is 1. The fraction of sp³-hybridized carbons (Fsp3) is 0.278. The lowest BCUT2D eigenvalue weighted by Gasteiger charge is -2.14.